The Morgan fingerprint density at radius 3 is 2.62 bits per heavy atom. The molecule has 4 heterocycles. The van der Waals surface area contributed by atoms with Crippen molar-refractivity contribution >= 4 is 17.6 Å². The van der Waals surface area contributed by atoms with Gasteiger partial charge in [-0.1, -0.05) is 11.8 Å². The van der Waals surface area contributed by atoms with Crippen molar-refractivity contribution in [1.29, 1.82) is 0 Å². The minimum absolute atomic E-state index is 0.490. The van der Waals surface area contributed by atoms with E-state index in [0.29, 0.717) is 6.10 Å². The molecule has 0 aromatic carbocycles. The Hall–Kier alpha value is -0.890. The lowest BCUT2D eigenvalue weighted by Gasteiger charge is -2.43. The number of nitrogens with zero attached hydrogens (tertiary/aromatic N) is 5. The van der Waals surface area contributed by atoms with Crippen LogP contribution in [0.15, 0.2) is 17.4 Å². The molecule has 6 nitrogen and oxygen atoms in total. The minimum atomic E-state index is 0.490. The summed E-state index contributed by atoms with van der Waals surface area (Å²) in [7, 11) is 0. The second-order valence-corrected chi connectivity index (χ2v) is 8.36. The molecule has 3 aliphatic rings. The number of ether oxygens (including phenoxy) is 1. The number of hydrogen-bond acceptors (Lipinski definition) is 7. The Bertz CT molecular complexity index is 567. The Labute approximate surface area is 161 Å². The predicted octanol–water partition coefficient (Wildman–Crippen LogP) is 1.96. The maximum atomic E-state index is 5.80. The van der Waals surface area contributed by atoms with Gasteiger partial charge in [0.25, 0.3) is 0 Å². The van der Waals surface area contributed by atoms with Crippen LogP contribution in [0.1, 0.15) is 25.7 Å². The van der Waals surface area contributed by atoms with E-state index in [1.807, 2.05) is 18.5 Å². The van der Waals surface area contributed by atoms with E-state index in [-0.39, 0.29) is 0 Å². The molecule has 1 atom stereocenters. The van der Waals surface area contributed by atoms with Gasteiger partial charge in [-0.25, -0.2) is 9.97 Å². The lowest BCUT2D eigenvalue weighted by molar-refractivity contribution is 0.0367. The van der Waals surface area contributed by atoms with E-state index in [9.17, 15) is 0 Å². The quantitative estimate of drug-likeness (QED) is 0.574. The van der Waals surface area contributed by atoms with Gasteiger partial charge in [0.2, 0.25) is 0 Å². The van der Waals surface area contributed by atoms with Crippen molar-refractivity contribution in [2.75, 3.05) is 63.6 Å². The van der Waals surface area contributed by atoms with Gasteiger partial charge in [0, 0.05) is 64.7 Å². The van der Waals surface area contributed by atoms with Gasteiger partial charge in [0.15, 0.2) is 5.16 Å². The summed E-state index contributed by atoms with van der Waals surface area (Å²) in [4.78, 5) is 16.7. The van der Waals surface area contributed by atoms with Crippen molar-refractivity contribution in [2.45, 2.75) is 43.0 Å². The summed E-state index contributed by atoms with van der Waals surface area (Å²) in [6, 6.07) is 2.78. The highest BCUT2D eigenvalue weighted by Gasteiger charge is 2.29. The smallest absolute Gasteiger partial charge is 0.189 e. The highest BCUT2D eigenvalue weighted by atomic mass is 32.2. The normalized spacial score (nSPS) is 26.5. The zero-order valence-corrected chi connectivity index (χ0v) is 16.7. The second-order valence-electron chi connectivity index (χ2n) is 7.59. The molecule has 0 saturated carbocycles. The summed E-state index contributed by atoms with van der Waals surface area (Å²) in [6.45, 7) is 9.12. The second kappa shape index (κ2) is 8.87. The van der Waals surface area contributed by atoms with Crippen LogP contribution in [0.25, 0.3) is 0 Å². The first-order valence-electron chi connectivity index (χ1n) is 10.0. The summed E-state index contributed by atoms with van der Waals surface area (Å²) in [5.74, 6) is 1.09. The number of thioether (sulfide) groups is 1. The number of anilines is 1. The van der Waals surface area contributed by atoms with E-state index in [1.54, 1.807) is 11.8 Å². The third-order valence-corrected chi connectivity index (χ3v) is 6.56. The average Bonchev–Trinajstić information content (AvgIpc) is 3.22. The molecule has 3 aliphatic heterocycles. The van der Waals surface area contributed by atoms with E-state index in [1.165, 1.54) is 51.9 Å². The van der Waals surface area contributed by atoms with E-state index >= 15 is 0 Å². The monoisotopic (exact) mass is 377 g/mol. The first kappa shape index (κ1) is 18.5. The van der Waals surface area contributed by atoms with Gasteiger partial charge < -0.3 is 9.64 Å². The highest BCUT2D eigenvalue weighted by molar-refractivity contribution is 7.98. The fourth-order valence-electron chi connectivity index (χ4n) is 4.45. The molecular formula is C19H31N5OS. The van der Waals surface area contributed by atoms with E-state index < -0.39 is 0 Å². The summed E-state index contributed by atoms with van der Waals surface area (Å²) < 4.78 is 5.80. The van der Waals surface area contributed by atoms with Crippen molar-refractivity contribution < 1.29 is 4.74 Å². The fourth-order valence-corrected chi connectivity index (χ4v) is 4.80. The molecule has 0 spiro atoms. The molecular weight excluding hydrogens is 346 g/mol. The third-order valence-electron chi connectivity index (χ3n) is 6.00. The fraction of sp³-hybridized carbons (Fsp3) is 0.789. The molecule has 1 unspecified atom stereocenters. The van der Waals surface area contributed by atoms with Gasteiger partial charge in [0.05, 0.1) is 6.10 Å². The van der Waals surface area contributed by atoms with Gasteiger partial charge >= 0.3 is 0 Å². The molecule has 4 rings (SSSR count). The number of hydrogen-bond donors (Lipinski definition) is 0. The third kappa shape index (κ3) is 4.50. The Kier molecular flexibility index (Phi) is 6.30. The Morgan fingerprint density at radius 1 is 1.12 bits per heavy atom. The summed E-state index contributed by atoms with van der Waals surface area (Å²) >= 11 is 1.61. The first-order chi connectivity index (χ1) is 12.8. The predicted molar refractivity (Wildman–Crippen MR) is 106 cm³/mol. The molecule has 0 aliphatic carbocycles. The van der Waals surface area contributed by atoms with Gasteiger partial charge in [-0.2, -0.15) is 0 Å². The van der Waals surface area contributed by atoms with Crippen LogP contribution in [-0.4, -0.2) is 90.6 Å². The van der Waals surface area contributed by atoms with Gasteiger partial charge in [-0.15, -0.1) is 0 Å². The summed E-state index contributed by atoms with van der Waals surface area (Å²) in [6.07, 6.45) is 9.38. The molecule has 3 fully saturated rings. The SMILES string of the molecule is CSc1nccc(N2CCC(N3CCN(CC4CCCO4)CC3)CC2)n1. The molecule has 1 aromatic heterocycles. The van der Waals surface area contributed by atoms with Crippen molar-refractivity contribution in [3.8, 4) is 0 Å². The van der Waals surface area contributed by atoms with Crippen LogP contribution in [0.3, 0.4) is 0 Å². The molecule has 0 amide bonds. The summed E-state index contributed by atoms with van der Waals surface area (Å²) in [5, 5.41) is 0.868. The molecule has 1 aromatic rings. The zero-order valence-electron chi connectivity index (χ0n) is 15.8. The van der Waals surface area contributed by atoms with Gasteiger partial charge in [-0.05, 0) is 38.0 Å². The molecule has 0 bridgehead atoms. The molecule has 0 radical (unpaired) electrons. The molecule has 0 N–H and O–H groups in total. The van der Waals surface area contributed by atoms with Crippen LogP contribution in [0.4, 0.5) is 5.82 Å². The standard InChI is InChI=1S/C19H31N5OS/c1-26-19-20-7-4-18(21-19)24-8-5-16(6-9-24)23-12-10-22(11-13-23)15-17-3-2-14-25-17/h4,7,16-17H,2-3,5-6,8-15H2,1H3. The van der Waals surface area contributed by atoms with Crippen LogP contribution in [0, 0.1) is 0 Å². The van der Waals surface area contributed by atoms with Crippen LogP contribution in [0.5, 0.6) is 0 Å². The van der Waals surface area contributed by atoms with Crippen molar-refractivity contribution in [2.24, 2.45) is 0 Å². The van der Waals surface area contributed by atoms with Crippen LogP contribution in [0.2, 0.25) is 0 Å². The van der Waals surface area contributed by atoms with E-state index in [4.69, 9.17) is 4.74 Å². The van der Waals surface area contributed by atoms with E-state index in [2.05, 4.69) is 24.7 Å². The molecule has 144 valence electrons. The lowest BCUT2D eigenvalue weighted by atomic mass is 10.0. The topological polar surface area (TPSA) is 44.7 Å². The average molecular weight is 378 g/mol. The van der Waals surface area contributed by atoms with Crippen molar-refractivity contribution in [3.05, 3.63) is 12.3 Å². The maximum absolute atomic E-state index is 5.80. The van der Waals surface area contributed by atoms with Crippen molar-refractivity contribution in [1.82, 2.24) is 19.8 Å². The van der Waals surface area contributed by atoms with Crippen LogP contribution >= 0.6 is 11.8 Å². The lowest BCUT2D eigenvalue weighted by Crippen LogP contribution is -2.54. The van der Waals surface area contributed by atoms with Crippen LogP contribution in [-0.2, 0) is 4.74 Å². The molecule has 7 heteroatoms. The highest BCUT2D eigenvalue weighted by Crippen LogP contribution is 2.23. The minimum Gasteiger partial charge on any atom is -0.377 e. The Morgan fingerprint density at radius 2 is 1.92 bits per heavy atom. The molecule has 26 heavy (non-hydrogen) atoms. The Balaban J connectivity index is 1.22. The number of piperidine rings is 1. The number of piperazine rings is 1. The molecule has 3 saturated heterocycles. The van der Waals surface area contributed by atoms with Crippen LogP contribution < -0.4 is 4.90 Å². The number of rotatable bonds is 5. The van der Waals surface area contributed by atoms with Gasteiger partial charge in [-0.3, -0.25) is 9.80 Å². The largest absolute Gasteiger partial charge is 0.377 e. The summed E-state index contributed by atoms with van der Waals surface area (Å²) in [5.41, 5.74) is 0. The van der Waals surface area contributed by atoms with Gasteiger partial charge in [0.1, 0.15) is 5.82 Å². The van der Waals surface area contributed by atoms with Crippen molar-refractivity contribution in [3.63, 3.8) is 0 Å². The first-order valence-corrected chi connectivity index (χ1v) is 11.2. The van der Waals surface area contributed by atoms with E-state index in [0.717, 1.165) is 43.3 Å². The number of aromatic nitrogens is 2. The zero-order chi connectivity index (χ0) is 17.8. The maximum Gasteiger partial charge on any atom is 0.189 e.